The lowest BCUT2D eigenvalue weighted by Crippen LogP contribution is -2.09. The van der Waals surface area contributed by atoms with Gasteiger partial charge in [-0.3, -0.25) is 14.9 Å². The fraction of sp³-hybridized carbons (Fsp3) is 0.118. The predicted molar refractivity (Wildman–Crippen MR) is 93.5 cm³/mol. The van der Waals surface area contributed by atoms with Crippen molar-refractivity contribution in [1.82, 2.24) is 0 Å². The average molecular weight is 380 g/mol. The quantitative estimate of drug-likeness (QED) is 0.521. The van der Waals surface area contributed by atoms with Crippen LogP contribution in [0.3, 0.4) is 0 Å². The van der Waals surface area contributed by atoms with Crippen molar-refractivity contribution in [3.05, 3.63) is 80.0 Å². The van der Waals surface area contributed by atoms with Gasteiger partial charge in [0.15, 0.2) is 5.43 Å². The van der Waals surface area contributed by atoms with Gasteiger partial charge in [0.05, 0.1) is 15.5 Å². The summed E-state index contributed by atoms with van der Waals surface area (Å²) in [7, 11) is 0. The van der Waals surface area contributed by atoms with E-state index in [-0.39, 0.29) is 10.1 Å². The Balaban J connectivity index is 2.08. The minimum atomic E-state index is -4.78. The van der Waals surface area contributed by atoms with Crippen molar-refractivity contribution in [2.75, 3.05) is 5.32 Å². The first kappa shape index (κ1) is 17.9. The van der Waals surface area contributed by atoms with Gasteiger partial charge in [-0.25, -0.2) is 0 Å². The minimum Gasteiger partial charge on any atom is -0.373 e. The zero-order chi connectivity index (χ0) is 18.9. The molecule has 0 bridgehead atoms. The Labute approximate surface area is 148 Å². The van der Waals surface area contributed by atoms with E-state index in [1.807, 2.05) is 30.3 Å². The number of nitrogens with one attached hydrogen (secondary N) is 1. The van der Waals surface area contributed by atoms with Crippen LogP contribution in [0.25, 0.3) is 10.1 Å². The highest BCUT2D eigenvalue weighted by atomic mass is 32.1. The summed E-state index contributed by atoms with van der Waals surface area (Å²) in [6.07, 6.45) is -4.78. The van der Waals surface area contributed by atoms with Crippen LogP contribution in [-0.2, 0) is 12.7 Å². The van der Waals surface area contributed by atoms with Crippen molar-refractivity contribution in [3.63, 3.8) is 0 Å². The van der Waals surface area contributed by atoms with E-state index < -0.39 is 27.8 Å². The Morgan fingerprint density at radius 3 is 2.42 bits per heavy atom. The molecule has 2 aromatic carbocycles. The number of benzene rings is 2. The number of fused-ring (bicyclic) bond motifs is 1. The van der Waals surface area contributed by atoms with Gasteiger partial charge in [0.2, 0.25) is 0 Å². The molecule has 1 N–H and O–H groups in total. The zero-order valence-corrected chi connectivity index (χ0v) is 13.9. The first-order chi connectivity index (χ1) is 12.3. The standard InChI is InChI=1S/C17H11F3N2O3S/c18-17(19,20)11-6-12-14(23)8-15(21-9-10-4-2-1-3-5-10)26-16(12)13(7-11)22(24)25/h1-8,21H,9H2. The monoisotopic (exact) mass is 380 g/mol. The van der Waals surface area contributed by atoms with Gasteiger partial charge in [0.25, 0.3) is 5.69 Å². The van der Waals surface area contributed by atoms with E-state index >= 15 is 0 Å². The number of alkyl halides is 3. The van der Waals surface area contributed by atoms with Gasteiger partial charge in [-0.05, 0) is 11.6 Å². The van der Waals surface area contributed by atoms with Gasteiger partial charge >= 0.3 is 6.18 Å². The molecule has 0 aliphatic rings. The molecular weight excluding hydrogens is 369 g/mol. The van der Waals surface area contributed by atoms with Crippen molar-refractivity contribution in [1.29, 1.82) is 0 Å². The Bertz CT molecular complexity index is 1030. The largest absolute Gasteiger partial charge is 0.416 e. The Kier molecular flexibility index (Phi) is 4.64. The number of nitro benzene ring substituents is 1. The summed E-state index contributed by atoms with van der Waals surface area (Å²) in [5.41, 5.74) is -1.73. The minimum absolute atomic E-state index is 0.0916. The smallest absolute Gasteiger partial charge is 0.373 e. The predicted octanol–water partition coefficient (Wildman–Crippen LogP) is 4.80. The first-order valence-corrected chi connectivity index (χ1v) is 8.18. The fourth-order valence-corrected chi connectivity index (χ4v) is 3.45. The topological polar surface area (TPSA) is 72.2 Å². The summed E-state index contributed by atoms with van der Waals surface area (Å²) in [6.45, 7) is 0.372. The third kappa shape index (κ3) is 3.67. The third-order valence-corrected chi connectivity index (χ3v) is 4.76. The fourth-order valence-electron chi connectivity index (χ4n) is 2.41. The van der Waals surface area contributed by atoms with Crippen LogP contribution < -0.4 is 10.7 Å². The summed E-state index contributed by atoms with van der Waals surface area (Å²) in [5, 5.41) is 14.2. The molecule has 0 aliphatic heterocycles. The molecule has 0 saturated carbocycles. The summed E-state index contributed by atoms with van der Waals surface area (Å²) >= 11 is 0.874. The van der Waals surface area contributed by atoms with E-state index in [4.69, 9.17) is 0 Å². The SMILES string of the molecule is O=c1cc(NCc2ccccc2)sc2c([N+](=O)[O-])cc(C(F)(F)F)cc12. The van der Waals surface area contributed by atoms with Crippen molar-refractivity contribution in [3.8, 4) is 0 Å². The first-order valence-electron chi connectivity index (χ1n) is 7.37. The lowest BCUT2D eigenvalue weighted by Gasteiger charge is -2.10. The van der Waals surface area contributed by atoms with E-state index in [1.165, 1.54) is 0 Å². The molecule has 0 saturated heterocycles. The van der Waals surface area contributed by atoms with Gasteiger partial charge in [-0.2, -0.15) is 13.2 Å². The van der Waals surface area contributed by atoms with Crippen molar-refractivity contribution in [2.45, 2.75) is 12.7 Å². The van der Waals surface area contributed by atoms with Crippen LogP contribution in [-0.4, -0.2) is 4.92 Å². The molecule has 0 unspecified atom stereocenters. The summed E-state index contributed by atoms with van der Waals surface area (Å²) in [6, 6.07) is 11.5. The average Bonchev–Trinajstić information content (AvgIpc) is 2.59. The van der Waals surface area contributed by atoms with Crippen LogP contribution in [0.2, 0.25) is 0 Å². The molecule has 1 heterocycles. The molecule has 26 heavy (non-hydrogen) atoms. The van der Waals surface area contributed by atoms with E-state index in [1.54, 1.807) is 0 Å². The highest BCUT2D eigenvalue weighted by Gasteiger charge is 2.34. The Morgan fingerprint density at radius 2 is 1.81 bits per heavy atom. The maximum atomic E-state index is 12.9. The van der Waals surface area contributed by atoms with Crippen LogP contribution in [0, 0.1) is 10.1 Å². The van der Waals surface area contributed by atoms with Gasteiger partial charge in [-0.1, -0.05) is 30.3 Å². The second-order valence-corrected chi connectivity index (χ2v) is 6.49. The number of hydrogen-bond acceptors (Lipinski definition) is 5. The lowest BCUT2D eigenvalue weighted by atomic mass is 10.1. The molecule has 0 radical (unpaired) electrons. The molecule has 3 aromatic rings. The van der Waals surface area contributed by atoms with Gasteiger partial charge in [0, 0.05) is 24.1 Å². The number of hydrogen-bond donors (Lipinski definition) is 1. The summed E-state index contributed by atoms with van der Waals surface area (Å²) < 4.78 is 38.7. The zero-order valence-electron chi connectivity index (χ0n) is 13.0. The van der Waals surface area contributed by atoms with E-state index in [0.29, 0.717) is 23.7 Å². The summed E-state index contributed by atoms with van der Waals surface area (Å²) in [4.78, 5) is 22.6. The number of non-ortho nitro benzene ring substituents is 1. The molecule has 0 aliphatic carbocycles. The maximum absolute atomic E-state index is 12.9. The van der Waals surface area contributed by atoms with Crippen molar-refractivity contribution in [2.24, 2.45) is 0 Å². The number of halogens is 3. The second kappa shape index (κ2) is 6.75. The maximum Gasteiger partial charge on any atom is 0.416 e. The molecule has 3 rings (SSSR count). The molecule has 1 aromatic heterocycles. The number of rotatable bonds is 4. The highest BCUT2D eigenvalue weighted by Crippen LogP contribution is 2.38. The molecule has 0 atom stereocenters. The highest BCUT2D eigenvalue weighted by molar-refractivity contribution is 7.22. The van der Waals surface area contributed by atoms with Crippen LogP contribution in [0.4, 0.5) is 23.9 Å². The summed E-state index contributed by atoms with van der Waals surface area (Å²) in [5.74, 6) is 0. The van der Waals surface area contributed by atoms with E-state index in [2.05, 4.69) is 5.32 Å². The molecule has 134 valence electrons. The van der Waals surface area contributed by atoms with Crippen LogP contribution in [0.1, 0.15) is 11.1 Å². The van der Waals surface area contributed by atoms with Gasteiger partial charge < -0.3 is 5.32 Å². The van der Waals surface area contributed by atoms with Gasteiger partial charge in [0.1, 0.15) is 4.70 Å². The van der Waals surface area contributed by atoms with Crippen LogP contribution in [0.5, 0.6) is 0 Å². The Morgan fingerprint density at radius 1 is 1.12 bits per heavy atom. The molecule has 0 amide bonds. The van der Waals surface area contributed by atoms with E-state index in [9.17, 15) is 28.1 Å². The molecule has 0 spiro atoms. The van der Waals surface area contributed by atoms with Crippen molar-refractivity contribution >= 4 is 32.1 Å². The van der Waals surface area contributed by atoms with E-state index in [0.717, 1.165) is 23.0 Å². The molecule has 5 nitrogen and oxygen atoms in total. The second-order valence-electron chi connectivity index (χ2n) is 5.44. The van der Waals surface area contributed by atoms with Crippen LogP contribution >= 0.6 is 11.3 Å². The molecular formula is C17H11F3N2O3S. The molecule has 0 fully saturated rings. The Hall–Kier alpha value is -2.94. The number of anilines is 1. The normalized spacial score (nSPS) is 11.5. The third-order valence-electron chi connectivity index (χ3n) is 3.64. The van der Waals surface area contributed by atoms with Crippen LogP contribution in [0.15, 0.2) is 53.3 Å². The molecule has 9 heteroatoms. The van der Waals surface area contributed by atoms with Crippen molar-refractivity contribution < 1.29 is 18.1 Å². The number of nitrogens with zero attached hydrogens (tertiary/aromatic N) is 1. The van der Waals surface area contributed by atoms with Gasteiger partial charge in [-0.15, -0.1) is 11.3 Å². The number of nitro groups is 1. The lowest BCUT2D eigenvalue weighted by molar-refractivity contribution is -0.383.